The number of amides is 1. The van der Waals surface area contributed by atoms with Gasteiger partial charge in [0.1, 0.15) is 23.4 Å². The molecule has 1 saturated carbocycles. The zero-order valence-corrected chi connectivity index (χ0v) is 12.9. The van der Waals surface area contributed by atoms with Crippen LogP contribution in [0.4, 0.5) is 0 Å². The van der Waals surface area contributed by atoms with Gasteiger partial charge in [0.2, 0.25) is 0 Å². The molecule has 2 aromatic heterocycles. The van der Waals surface area contributed by atoms with Gasteiger partial charge in [-0.25, -0.2) is 15.0 Å². The SMILES string of the molecule is Cc1nc([C@H]2CN(C(=O)c3ccnc(C4CC4)n3)CCO2)n[nH]1. The molecule has 8 heteroatoms. The van der Waals surface area contributed by atoms with Crippen LogP contribution in [0, 0.1) is 6.92 Å². The molecule has 0 aromatic carbocycles. The highest BCUT2D eigenvalue weighted by Gasteiger charge is 2.31. The van der Waals surface area contributed by atoms with Crippen LogP contribution in [-0.4, -0.2) is 55.7 Å². The highest BCUT2D eigenvalue weighted by molar-refractivity contribution is 5.92. The first-order valence-electron chi connectivity index (χ1n) is 7.83. The molecule has 3 heterocycles. The number of aromatic amines is 1. The standard InChI is InChI=1S/C15H18N6O2/c1-9-17-14(20-19-9)12-8-21(6-7-23-12)15(22)11-4-5-16-13(18-11)10-2-3-10/h4-5,10,12H,2-3,6-8H2,1H3,(H,17,19,20)/t12-/m1/s1. The summed E-state index contributed by atoms with van der Waals surface area (Å²) in [6.07, 6.45) is 3.59. The van der Waals surface area contributed by atoms with Crippen LogP contribution in [0.25, 0.3) is 0 Å². The lowest BCUT2D eigenvalue weighted by Crippen LogP contribution is -2.42. The minimum atomic E-state index is -0.303. The molecule has 120 valence electrons. The lowest BCUT2D eigenvalue weighted by Gasteiger charge is -2.31. The number of nitrogens with one attached hydrogen (secondary N) is 1. The van der Waals surface area contributed by atoms with E-state index in [0.717, 1.165) is 24.5 Å². The van der Waals surface area contributed by atoms with Gasteiger partial charge in [-0.2, -0.15) is 5.10 Å². The summed E-state index contributed by atoms with van der Waals surface area (Å²) in [4.78, 5) is 27.4. The van der Waals surface area contributed by atoms with Crippen molar-refractivity contribution in [1.82, 2.24) is 30.0 Å². The van der Waals surface area contributed by atoms with Crippen LogP contribution in [0.5, 0.6) is 0 Å². The van der Waals surface area contributed by atoms with E-state index in [1.54, 1.807) is 17.2 Å². The van der Waals surface area contributed by atoms with Gasteiger partial charge in [0.15, 0.2) is 5.82 Å². The molecule has 1 aliphatic heterocycles. The average Bonchev–Trinajstić information content (AvgIpc) is 3.36. The van der Waals surface area contributed by atoms with Crippen LogP contribution in [-0.2, 0) is 4.74 Å². The minimum absolute atomic E-state index is 0.0881. The second-order valence-electron chi connectivity index (χ2n) is 5.96. The first kappa shape index (κ1) is 14.3. The molecule has 23 heavy (non-hydrogen) atoms. The first-order chi connectivity index (χ1) is 11.2. The monoisotopic (exact) mass is 314 g/mol. The predicted octanol–water partition coefficient (Wildman–Crippen LogP) is 0.994. The van der Waals surface area contributed by atoms with Crippen LogP contribution >= 0.6 is 0 Å². The first-order valence-corrected chi connectivity index (χ1v) is 7.83. The Morgan fingerprint density at radius 3 is 2.96 bits per heavy atom. The van der Waals surface area contributed by atoms with Crippen molar-refractivity contribution in [3.63, 3.8) is 0 Å². The molecule has 2 aliphatic rings. The van der Waals surface area contributed by atoms with Gasteiger partial charge >= 0.3 is 0 Å². The zero-order chi connectivity index (χ0) is 15.8. The van der Waals surface area contributed by atoms with Crippen LogP contribution < -0.4 is 0 Å². The Kier molecular flexibility index (Phi) is 3.53. The smallest absolute Gasteiger partial charge is 0.272 e. The van der Waals surface area contributed by atoms with E-state index in [4.69, 9.17) is 4.74 Å². The molecule has 0 radical (unpaired) electrons. The van der Waals surface area contributed by atoms with E-state index >= 15 is 0 Å². The van der Waals surface area contributed by atoms with Crippen molar-refractivity contribution in [2.75, 3.05) is 19.7 Å². The number of rotatable bonds is 3. The van der Waals surface area contributed by atoms with E-state index in [0.29, 0.717) is 37.1 Å². The summed E-state index contributed by atoms with van der Waals surface area (Å²) in [5, 5.41) is 6.93. The number of ether oxygens (including phenoxy) is 1. The topological polar surface area (TPSA) is 96.9 Å². The van der Waals surface area contributed by atoms with E-state index in [-0.39, 0.29) is 12.0 Å². The van der Waals surface area contributed by atoms with Crippen molar-refractivity contribution >= 4 is 5.91 Å². The molecule has 1 amide bonds. The van der Waals surface area contributed by atoms with Crippen LogP contribution in [0.1, 0.15) is 52.8 Å². The number of carbonyl (C=O) groups is 1. The minimum Gasteiger partial charge on any atom is -0.366 e. The van der Waals surface area contributed by atoms with Crippen LogP contribution in [0.2, 0.25) is 0 Å². The van der Waals surface area contributed by atoms with Gasteiger partial charge in [0.05, 0.1) is 13.2 Å². The Labute approximate surface area is 133 Å². The van der Waals surface area contributed by atoms with Crippen molar-refractivity contribution in [1.29, 1.82) is 0 Å². The number of aryl methyl sites for hydroxylation is 1. The highest BCUT2D eigenvalue weighted by Crippen LogP contribution is 2.37. The van der Waals surface area contributed by atoms with Crippen molar-refractivity contribution in [3.8, 4) is 0 Å². The molecule has 0 unspecified atom stereocenters. The number of morpholine rings is 1. The Hall–Kier alpha value is -2.35. The lowest BCUT2D eigenvalue weighted by atomic mass is 10.2. The predicted molar refractivity (Wildman–Crippen MR) is 79.7 cm³/mol. The normalized spacial score (nSPS) is 21.4. The number of hydrogen-bond donors (Lipinski definition) is 1. The summed E-state index contributed by atoms with van der Waals surface area (Å²) in [5.74, 6) is 2.44. The molecule has 8 nitrogen and oxygen atoms in total. The Morgan fingerprint density at radius 2 is 2.22 bits per heavy atom. The number of hydrogen-bond acceptors (Lipinski definition) is 6. The average molecular weight is 314 g/mol. The van der Waals surface area contributed by atoms with Crippen molar-refractivity contribution < 1.29 is 9.53 Å². The maximum absolute atomic E-state index is 12.7. The highest BCUT2D eigenvalue weighted by atomic mass is 16.5. The maximum Gasteiger partial charge on any atom is 0.272 e. The third kappa shape index (κ3) is 2.94. The van der Waals surface area contributed by atoms with Crippen LogP contribution in [0.3, 0.4) is 0 Å². The Balaban J connectivity index is 1.50. The number of aromatic nitrogens is 5. The van der Waals surface area contributed by atoms with E-state index < -0.39 is 0 Å². The lowest BCUT2D eigenvalue weighted by molar-refractivity contribution is -0.0268. The Morgan fingerprint density at radius 1 is 1.35 bits per heavy atom. The van der Waals surface area contributed by atoms with Gasteiger partial charge < -0.3 is 9.64 Å². The molecule has 1 atom stereocenters. The van der Waals surface area contributed by atoms with Gasteiger partial charge in [-0.05, 0) is 25.8 Å². The largest absolute Gasteiger partial charge is 0.366 e. The molecule has 2 fully saturated rings. The number of carbonyl (C=O) groups excluding carboxylic acids is 1. The van der Waals surface area contributed by atoms with Gasteiger partial charge in [0, 0.05) is 18.7 Å². The summed E-state index contributed by atoms with van der Waals surface area (Å²) in [5.41, 5.74) is 0.453. The molecule has 1 aliphatic carbocycles. The molecular weight excluding hydrogens is 296 g/mol. The van der Waals surface area contributed by atoms with Gasteiger partial charge in [-0.15, -0.1) is 0 Å². The molecule has 1 N–H and O–H groups in total. The summed E-state index contributed by atoms with van der Waals surface area (Å²) >= 11 is 0. The summed E-state index contributed by atoms with van der Waals surface area (Å²) in [6.45, 7) is 3.27. The number of H-pyrrole nitrogens is 1. The zero-order valence-electron chi connectivity index (χ0n) is 12.9. The fraction of sp³-hybridized carbons (Fsp3) is 0.533. The van der Waals surface area contributed by atoms with Crippen LogP contribution in [0.15, 0.2) is 12.3 Å². The fourth-order valence-corrected chi connectivity index (χ4v) is 2.69. The quantitative estimate of drug-likeness (QED) is 0.907. The third-order valence-corrected chi connectivity index (χ3v) is 4.09. The molecular formula is C15H18N6O2. The third-order valence-electron chi connectivity index (χ3n) is 4.09. The molecule has 0 spiro atoms. The van der Waals surface area contributed by atoms with E-state index in [2.05, 4.69) is 25.1 Å². The second-order valence-corrected chi connectivity index (χ2v) is 5.96. The molecule has 0 bridgehead atoms. The molecule has 1 saturated heterocycles. The maximum atomic E-state index is 12.7. The Bertz CT molecular complexity index is 726. The second kappa shape index (κ2) is 5.69. The van der Waals surface area contributed by atoms with E-state index in [1.807, 2.05) is 6.92 Å². The van der Waals surface area contributed by atoms with Gasteiger partial charge in [0.25, 0.3) is 5.91 Å². The van der Waals surface area contributed by atoms with E-state index in [9.17, 15) is 4.79 Å². The van der Waals surface area contributed by atoms with Crippen molar-refractivity contribution in [3.05, 3.63) is 35.4 Å². The molecule has 4 rings (SSSR count). The number of nitrogens with zero attached hydrogens (tertiary/aromatic N) is 5. The summed E-state index contributed by atoms with van der Waals surface area (Å²) in [7, 11) is 0. The van der Waals surface area contributed by atoms with Gasteiger partial charge in [-0.3, -0.25) is 9.89 Å². The van der Waals surface area contributed by atoms with E-state index in [1.165, 1.54) is 0 Å². The summed E-state index contributed by atoms with van der Waals surface area (Å²) < 4.78 is 5.69. The van der Waals surface area contributed by atoms with Crippen molar-refractivity contribution in [2.45, 2.75) is 31.8 Å². The summed E-state index contributed by atoms with van der Waals surface area (Å²) in [6, 6.07) is 1.68. The van der Waals surface area contributed by atoms with Gasteiger partial charge in [-0.1, -0.05) is 0 Å². The fourth-order valence-electron chi connectivity index (χ4n) is 2.69. The molecule has 2 aromatic rings. The van der Waals surface area contributed by atoms with Crippen molar-refractivity contribution in [2.24, 2.45) is 0 Å².